The largest absolute Gasteiger partial charge is 0.303 e. The van der Waals surface area contributed by atoms with Crippen LogP contribution in [0, 0.1) is 17.2 Å². The van der Waals surface area contributed by atoms with Gasteiger partial charge in [0.15, 0.2) is 0 Å². The van der Waals surface area contributed by atoms with Gasteiger partial charge in [-0.25, -0.2) is 0 Å². The summed E-state index contributed by atoms with van der Waals surface area (Å²) < 4.78 is 0. The monoisotopic (exact) mass is 265 g/mol. The Morgan fingerprint density at radius 3 is 2.74 bits per heavy atom. The van der Waals surface area contributed by atoms with Crippen molar-refractivity contribution in [2.75, 3.05) is 26.2 Å². The lowest BCUT2D eigenvalue weighted by atomic mass is 9.98. The Bertz CT molecular complexity index is 284. The summed E-state index contributed by atoms with van der Waals surface area (Å²) in [7, 11) is 0. The highest BCUT2D eigenvalue weighted by Crippen LogP contribution is 2.21. The molecule has 0 aromatic rings. The van der Waals surface area contributed by atoms with Crippen LogP contribution in [0.1, 0.15) is 59.3 Å². The van der Waals surface area contributed by atoms with Gasteiger partial charge in [-0.15, -0.1) is 0 Å². The first-order valence-corrected chi connectivity index (χ1v) is 8.02. The SMILES string of the molecule is CCCNC(C)(C#N)CCN1CCCC(CC)CC1. The Morgan fingerprint density at radius 1 is 1.32 bits per heavy atom. The van der Waals surface area contributed by atoms with Crippen molar-refractivity contribution in [3.63, 3.8) is 0 Å². The Kier molecular flexibility index (Phi) is 7.41. The van der Waals surface area contributed by atoms with Crippen molar-refractivity contribution in [1.82, 2.24) is 10.2 Å². The normalized spacial score (nSPS) is 24.4. The van der Waals surface area contributed by atoms with Crippen LogP contribution in [0.4, 0.5) is 0 Å². The molecule has 0 aliphatic carbocycles. The van der Waals surface area contributed by atoms with Gasteiger partial charge in [0.25, 0.3) is 0 Å². The third-order valence-corrected chi connectivity index (χ3v) is 4.46. The van der Waals surface area contributed by atoms with Crippen LogP contribution in [-0.4, -0.2) is 36.6 Å². The van der Waals surface area contributed by atoms with E-state index in [0.29, 0.717) is 0 Å². The minimum absolute atomic E-state index is 0.355. The van der Waals surface area contributed by atoms with E-state index >= 15 is 0 Å². The summed E-state index contributed by atoms with van der Waals surface area (Å²) in [5.74, 6) is 0.922. The molecule has 1 saturated heterocycles. The first-order valence-electron chi connectivity index (χ1n) is 8.02. The minimum atomic E-state index is -0.355. The molecule has 19 heavy (non-hydrogen) atoms. The molecule has 1 aliphatic heterocycles. The fourth-order valence-corrected chi connectivity index (χ4v) is 2.82. The van der Waals surface area contributed by atoms with Gasteiger partial charge in [0.05, 0.1) is 6.07 Å². The molecular formula is C16H31N3. The average molecular weight is 265 g/mol. The molecule has 1 rings (SSSR count). The summed E-state index contributed by atoms with van der Waals surface area (Å²) in [6.07, 6.45) is 7.38. The van der Waals surface area contributed by atoms with Gasteiger partial charge in [-0.05, 0) is 64.6 Å². The van der Waals surface area contributed by atoms with Gasteiger partial charge in [-0.3, -0.25) is 5.32 Å². The predicted octanol–water partition coefficient (Wildman–Crippen LogP) is 3.17. The second kappa shape index (κ2) is 8.55. The van der Waals surface area contributed by atoms with Gasteiger partial charge in [-0.1, -0.05) is 20.3 Å². The molecule has 0 radical (unpaired) electrons. The van der Waals surface area contributed by atoms with Crippen molar-refractivity contribution in [2.24, 2.45) is 5.92 Å². The van der Waals surface area contributed by atoms with Crippen LogP contribution in [0.25, 0.3) is 0 Å². The standard InChI is InChI=1S/C16H31N3/c1-4-10-18-16(3,14-17)9-13-19-11-6-7-15(5-2)8-12-19/h15,18H,4-13H2,1-3H3. The highest BCUT2D eigenvalue weighted by molar-refractivity contribution is 5.03. The topological polar surface area (TPSA) is 39.1 Å². The number of nitrogens with one attached hydrogen (secondary N) is 1. The highest BCUT2D eigenvalue weighted by Gasteiger charge is 2.24. The maximum absolute atomic E-state index is 9.35. The van der Waals surface area contributed by atoms with Crippen molar-refractivity contribution >= 4 is 0 Å². The third kappa shape index (κ3) is 5.93. The van der Waals surface area contributed by atoms with E-state index in [-0.39, 0.29) is 5.54 Å². The molecule has 1 heterocycles. The summed E-state index contributed by atoms with van der Waals surface area (Å²) >= 11 is 0. The maximum Gasteiger partial charge on any atom is 0.105 e. The van der Waals surface area contributed by atoms with Gasteiger partial charge in [-0.2, -0.15) is 5.26 Å². The van der Waals surface area contributed by atoms with Crippen molar-refractivity contribution in [3.05, 3.63) is 0 Å². The number of likely N-dealkylation sites (tertiary alicyclic amines) is 1. The van der Waals surface area contributed by atoms with Crippen LogP contribution in [0.5, 0.6) is 0 Å². The first-order chi connectivity index (χ1) is 9.13. The lowest BCUT2D eigenvalue weighted by Crippen LogP contribution is -2.44. The van der Waals surface area contributed by atoms with E-state index in [2.05, 4.69) is 30.1 Å². The van der Waals surface area contributed by atoms with Gasteiger partial charge in [0.1, 0.15) is 5.54 Å². The van der Waals surface area contributed by atoms with Gasteiger partial charge < -0.3 is 4.90 Å². The zero-order chi connectivity index (χ0) is 14.1. The van der Waals surface area contributed by atoms with Gasteiger partial charge in [0.2, 0.25) is 0 Å². The number of nitriles is 1. The smallest absolute Gasteiger partial charge is 0.105 e. The van der Waals surface area contributed by atoms with E-state index in [1.165, 1.54) is 38.8 Å². The molecule has 1 aliphatic rings. The molecule has 0 bridgehead atoms. The average Bonchev–Trinajstić information content (AvgIpc) is 2.68. The highest BCUT2D eigenvalue weighted by atomic mass is 15.1. The molecule has 1 N–H and O–H groups in total. The summed E-state index contributed by atoms with van der Waals surface area (Å²) in [6.45, 7) is 10.9. The molecule has 2 unspecified atom stereocenters. The van der Waals surface area contributed by atoms with Crippen molar-refractivity contribution in [3.8, 4) is 6.07 Å². The lowest BCUT2D eigenvalue weighted by molar-refractivity contribution is 0.249. The van der Waals surface area contributed by atoms with E-state index in [4.69, 9.17) is 0 Å². The van der Waals surface area contributed by atoms with Crippen LogP contribution < -0.4 is 5.32 Å². The van der Waals surface area contributed by atoms with E-state index in [0.717, 1.165) is 31.8 Å². The fraction of sp³-hybridized carbons (Fsp3) is 0.938. The number of hydrogen-bond acceptors (Lipinski definition) is 3. The maximum atomic E-state index is 9.35. The molecule has 0 aromatic carbocycles. The van der Waals surface area contributed by atoms with Crippen LogP contribution in [-0.2, 0) is 0 Å². The first kappa shape index (κ1) is 16.5. The molecule has 0 saturated carbocycles. The molecule has 0 amide bonds. The molecule has 110 valence electrons. The Balaban J connectivity index is 2.36. The molecule has 0 aromatic heterocycles. The molecule has 3 nitrogen and oxygen atoms in total. The molecule has 3 heteroatoms. The Labute approximate surface area is 119 Å². The van der Waals surface area contributed by atoms with E-state index in [1.807, 2.05) is 6.92 Å². The van der Waals surface area contributed by atoms with Crippen LogP contribution >= 0.6 is 0 Å². The third-order valence-electron chi connectivity index (χ3n) is 4.46. The number of rotatable bonds is 7. The van der Waals surface area contributed by atoms with E-state index < -0.39 is 0 Å². The zero-order valence-corrected chi connectivity index (χ0v) is 13.0. The number of nitrogens with zero attached hydrogens (tertiary/aromatic N) is 2. The summed E-state index contributed by atoms with van der Waals surface area (Å²) in [5.41, 5.74) is -0.355. The lowest BCUT2D eigenvalue weighted by Gasteiger charge is -2.27. The molecule has 2 atom stereocenters. The Hall–Kier alpha value is -0.590. The molecular weight excluding hydrogens is 234 g/mol. The van der Waals surface area contributed by atoms with E-state index in [9.17, 15) is 5.26 Å². The van der Waals surface area contributed by atoms with Crippen LogP contribution in [0.3, 0.4) is 0 Å². The second-order valence-electron chi connectivity index (χ2n) is 6.17. The summed E-state index contributed by atoms with van der Waals surface area (Å²) in [6, 6.07) is 2.45. The molecule has 0 spiro atoms. The number of hydrogen-bond donors (Lipinski definition) is 1. The van der Waals surface area contributed by atoms with Gasteiger partial charge >= 0.3 is 0 Å². The Morgan fingerprint density at radius 2 is 2.11 bits per heavy atom. The molecule has 1 fully saturated rings. The zero-order valence-electron chi connectivity index (χ0n) is 13.0. The van der Waals surface area contributed by atoms with Crippen molar-refractivity contribution in [2.45, 2.75) is 64.8 Å². The van der Waals surface area contributed by atoms with Gasteiger partial charge in [0, 0.05) is 6.54 Å². The summed E-state index contributed by atoms with van der Waals surface area (Å²) in [5, 5.41) is 12.7. The predicted molar refractivity (Wildman–Crippen MR) is 81.0 cm³/mol. The quantitative estimate of drug-likeness (QED) is 0.768. The van der Waals surface area contributed by atoms with E-state index in [1.54, 1.807) is 0 Å². The van der Waals surface area contributed by atoms with Crippen LogP contribution in [0.15, 0.2) is 0 Å². The minimum Gasteiger partial charge on any atom is -0.303 e. The van der Waals surface area contributed by atoms with Crippen LogP contribution in [0.2, 0.25) is 0 Å². The second-order valence-corrected chi connectivity index (χ2v) is 6.17. The van der Waals surface area contributed by atoms with Crippen molar-refractivity contribution < 1.29 is 0 Å². The fourth-order valence-electron chi connectivity index (χ4n) is 2.82. The van der Waals surface area contributed by atoms with Crippen molar-refractivity contribution in [1.29, 1.82) is 5.26 Å². The summed E-state index contributed by atoms with van der Waals surface area (Å²) in [4.78, 5) is 2.55.